The molecule has 0 aromatic carbocycles. The summed E-state index contributed by atoms with van der Waals surface area (Å²) in [6.45, 7) is 0.150. The molecule has 0 amide bonds. The largest absolute Gasteiger partial charge is 0.411 e. The van der Waals surface area contributed by atoms with Crippen molar-refractivity contribution in [1.82, 2.24) is 5.48 Å². The van der Waals surface area contributed by atoms with Crippen LogP contribution in [0, 0.1) is 0 Å². The normalized spacial score (nSPS) is 11.9. The monoisotopic (exact) mass is 172 g/mol. The fourth-order valence-corrected chi connectivity index (χ4v) is 1.40. The van der Waals surface area contributed by atoms with Gasteiger partial charge in [-0.2, -0.15) is 5.48 Å². The van der Waals surface area contributed by atoms with Crippen molar-refractivity contribution in [2.24, 2.45) is 5.16 Å². The molecule has 0 radical (unpaired) electrons. The Morgan fingerprint density at radius 1 is 1.73 bits per heavy atom. The molecule has 0 spiro atoms. The Hall–Kier alpha value is -0.910. The standard InChI is InChI=1S/C6H8N2O2S/c9-7-4-5(8-10)6-2-1-3-11-6/h1-3,7,9-10H,4H2. The quantitative estimate of drug-likeness (QED) is 0.360. The zero-order valence-corrected chi connectivity index (χ0v) is 6.51. The summed E-state index contributed by atoms with van der Waals surface area (Å²) in [5, 5.41) is 21.7. The summed E-state index contributed by atoms with van der Waals surface area (Å²) in [7, 11) is 0. The highest BCUT2D eigenvalue weighted by atomic mass is 32.1. The molecular formula is C6H8N2O2S. The molecule has 0 unspecified atom stereocenters. The van der Waals surface area contributed by atoms with Gasteiger partial charge in [0, 0.05) is 0 Å². The molecule has 0 aliphatic heterocycles. The first kappa shape index (κ1) is 8.19. The molecule has 0 saturated carbocycles. The van der Waals surface area contributed by atoms with E-state index in [1.165, 1.54) is 11.3 Å². The van der Waals surface area contributed by atoms with Gasteiger partial charge < -0.3 is 10.4 Å². The summed E-state index contributed by atoms with van der Waals surface area (Å²) in [6.07, 6.45) is 0. The summed E-state index contributed by atoms with van der Waals surface area (Å²) in [6, 6.07) is 3.67. The van der Waals surface area contributed by atoms with Gasteiger partial charge in [0.1, 0.15) is 5.71 Å². The SMILES string of the molecule is ON=C(CNO)c1cccs1. The summed E-state index contributed by atoms with van der Waals surface area (Å²) in [5.74, 6) is 0. The molecular weight excluding hydrogens is 164 g/mol. The highest BCUT2D eigenvalue weighted by molar-refractivity contribution is 7.12. The van der Waals surface area contributed by atoms with E-state index >= 15 is 0 Å². The van der Waals surface area contributed by atoms with E-state index in [-0.39, 0.29) is 6.54 Å². The van der Waals surface area contributed by atoms with Crippen LogP contribution in [0.3, 0.4) is 0 Å². The summed E-state index contributed by atoms with van der Waals surface area (Å²) < 4.78 is 0. The van der Waals surface area contributed by atoms with Crippen LogP contribution < -0.4 is 5.48 Å². The second-order valence-corrected chi connectivity index (χ2v) is 2.81. The number of thiophene rings is 1. The Kier molecular flexibility index (Phi) is 3.03. The van der Waals surface area contributed by atoms with Crippen LogP contribution in [0.15, 0.2) is 22.7 Å². The highest BCUT2D eigenvalue weighted by Gasteiger charge is 2.03. The van der Waals surface area contributed by atoms with Crippen molar-refractivity contribution in [2.45, 2.75) is 0 Å². The Labute approximate surface area is 67.7 Å². The van der Waals surface area contributed by atoms with Crippen LogP contribution in [0.25, 0.3) is 0 Å². The number of oxime groups is 1. The molecule has 0 aliphatic carbocycles. The number of hydroxylamine groups is 1. The molecule has 1 rings (SSSR count). The van der Waals surface area contributed by atoms with E-state index in [2.05, 4.69) is 5.16 Å². The van der Waals surface area contributed by atoms with Crippen LogP contribution in [0.1, 0.15) is 4.88 Å². The molecule has 60 valence electrons. The average molecular weight is 172 g/mol. The van der Waals surface area contributed by atoms with Gasteiger partial charge in [-0.1, -0.05) is 11.2 Å². The molecule has 4 nitrogen and oxygen atoms in total. The number of nitrogens with one attached hydrogen (secondary N) is 1. The van der Waals surface area contributed by atoms with E-state index in [9.17, 15) is 0 Å². The van der Waals surface area contributed by atoms with Gasteiger partial charge in [0.2, 0.25) is 0 Å². The predicted octanol–water partition coefficient (Wildman–Crippen LogP) is 0.905. The zero-order valence-electron chi connectivity index (χ0n) is 5.69. The number of hydrogen-bond acceptors (Lipinski definition) is 5. The number of nitrogens with zero attached hydrogens (tertiary/aromatic N) is 1. The van der Waals surface area contributed by atoms with Crippen LogP contribution in [0.5, 0.6) is 0 Å². The number of hydrogen-bond donors (Lipinski definition) is 3. The van der Waals surface area contributed by atoms with Gasteiger partial charge >= 0.3 is 0 Å². The van der Waals surface area contributed by atoms with Crippen molar-refractivity contribution in [3.63, 3.8) is 0 Å². The molecule has 1 heterocycles. The summed E-state index contributed by atoms with van der Waals surface area (Å²) in [5.41, 5.74) is 2.36. The van der Waals surface area contributed by atoms with E-state index in [0.717, 1.165) is 4.88 Å². The van der Waals surface area contributed by atoms with Gasteiger partial charge in [-0.15, -0.1) is 11.3 Å². The molecule has 11 heavy (non-hydrogen) atoms. The first-order valence-corrected chi connectivity index (χ1v) is 3.88. The van der Waals surface area contributed by atoms with Crippen molar-refractivity contribution in [3.05, 3.63) is 22.4 Å². The van der Waals surface area contributed by atoms with E-state index in [0.29, 0.717) is 5.71 Å². The van der Waals surface area contributed by atoms with E-state index in [4.69, 9.17) is 10.4 Å². The summed E-state index contributed by atoms with van der Waals surface area (Å²) in [4.78, 5) is 0.842. The molecule has 3 N–H and O–H groups in total. The van der Waals surface area contributed by atoms with Gasteiger partial charge in [0.15, 0.2) is 0 Å². The van der Waals surface area contributed by atoms with E-state index in [1.807, 2.05) is 23.0 Å². The maximum absolute atomic E-state index is 8.47. The summed E-state index contributed by atoms with van der Waals surface area (Å²) >= 11 is 1.45. The van der Waals surface area contributed by atoms with Crippen molar-refractivity contribution < 1.29 is 10.4 Å². The highest BCUT2D eigenvalue weighted by Crippen LogP contribution is 2.09. The van der Waals surface area contributed by atoms with E-state index in [1.54, 1.807) is 0 Å². The van der Waals surface area contributed by atoms with Crippen molar-refractivity contribution in [2.75, 3.05) is 6.54 Å². The molecule has 1 aromatic rings. The van der Waals surface area contributed by atoms with Crippen LogP contribution in [-0.4, -0.2) is 22.7 Å². The molecule has 1 aromatic heterocycles. The first-order valence-electron chi connectivity index (χ1n) is 3.00. The second kappa shape index (κ2) is 4.07. The minimum absolute atomic E-state index is 0.150. The third-order valence-electron chi connectivity index (χ3n) is 1.17. The predicted molar refractivity (Wildman–Crippen MR) is 42.4 cm³/mol. The average Bonchev–Trinajstić information content (AvgIpc) is 2.52. The Morgan fingerprint density at radius 2 is 2.55 bits per heavy atom. The smallest absolute Gasteiger partial charge is 0.113 e. The van der Waals surface area contributed by atoms with Gasteiger partial charge in [-0.05, 0) is 11.4 Å². The lowest BCUT2D eigenvalue weighted by molar-refractivity contribution is 0.182. The molecule has 0 fully saturated rings. The van der Waals surface area contributed by atoms with Gasteiger partial charge in [-0.25, -0.2) is 0 Å². The first-order chi connectivity index (χ1) is 5.38. The van der Waals surface area contributed by atoms with Gasteiger partial charge in [0.25, 0.3) is 0 Å². The minimum atomic E-state index is 0.150. The van der Waals surface area contributed by atoms with Gasteiger partial charge in [-0.3, -0.25) is 0 Å². The lowest BCUT2D eigenvalue weighted by atomic mass is 10.3. The van der Waals surface area contributed by atoms with E-state index < -0.39 is 0 Å². The maximum atomic E-state index is 8.47. The minimum Gasteiger partial charge on any atom is -0.411 e. The zero-order chi connectivity index (χ0) is 8.10. The Bertz CT molecular complexity index is 233. The fraction of sp³-hybridized carbons (Fsp3) is 0.167. The lowest BCUT2D eigenvalue weighted by Gasteiger charge is -1.97. The lowest BCUT2D eigenvalue weighted by Crippen LogP contribution is -2.19. The van der Waals surface area contributed by atoms with Crippen LogP contribution in [-0.2, 0) is 0 Å². The van der Waals surface area contributed by atoms with Crippen molar-refractivity contribution in [1.29, 1.82) is 0 Å². The number of rotatable bonds is 3. The molecule has 0 atom stereocenters. The van der Waals surface area contributed by atoms with Crippen molar-refractivity contribution >= 4 is 17.0 Å². The molecule has 5 heteroatoms. The van der Waals surface area contributed by atoms with Crippen molar-refractivity contribution in [3.8, 4) is 0 Å². The molecule has 0 bridgehead atoms. The maximum Gasteiger partial charge on any atom is 0.113 e. The third kappa shape index (κ3) is 2.01. The topological polar surface area (TPSA) is 64.9 Å². The second-order valence-electron chi connectivity index (χ2n) is 1.86. The fourth-order valence-electron chi connectivity index (χ4n) is 0.689. The molecule has 0 aliphatic rings. The Balaban J connectivity index is 2.72. The third-order valence-corrected chi connectivity index (χ3v) is 2.09. The van der Waals surface area contributed by atoms with Crippen LogP contribution >= 0.6 is 11.3 Å². The van der Waals surface area contributed by atoms with Crippen LogP contribution in [0.2, 0.25) is 0 Å². The van der Waals surface area contributed by atoms with Crippen LogP contribution in [0.4, 0.5) is 0 Å². The Morgan fingerprint density at radius 3 is 3.00 bits per heavy atom. The van der Waals surface area contributed by atoms with Gasteiger partial charge in [0.05, 0.1) is 11.4 Å². The molecule has 0 saturated heterocycles.